The van der Waals surface area contributed by atoms with E-state index in [1.54, 1.807) is 11.3 Å². The number of benzene rings is 1. The number of thiazole rings is 1. The maximum absolute atomic E-state index is 4.53. The molecule has 3 rings (SSSR count). The molecule has 0 saturated carbocycles. The highest BCUT2D eigenvalue weighted by molar-refractivity contribution is 9.10. The summed E-state index contributed by atoms with van der Waals surface area (Å²) in [6.07, 6.45) is 1.83. The Morgan fingerprint density at radius 3 is 2.81 bits per heavy atom. The van der Waals surface area contributed by atoms with Gasteiger partial charge < -0.3 is 5.32 Å². The Bertz CT molecular complexity index is 797. The predicted octanol–water partition coefficient (Wildman–Crippen LogP) is 5.24. The summed E-state index contributed by atoms with van der Waals surface area (Å²) in [5.41, 5.74) is 3.15. The van der Waals surface area contributed by atoms with Gasteiger partial charge in [0.25, 0.3) is 0 Å². The van der Waals surface area contributed by atoms with Gasteiger partial charge in [0.1, 0.15) is 0 Å². The summed E-state index contributed by atoms with van der Waals surface area (Å²) in [5.74, 6) is 0. The molecular weight excluding hydrogens is 346 g/mol. The van der Waals surface area contributed by atoms with Gasteiger partial charge in [-0.1, -0.05) is 12.1 Å². The van der Waals surface area contributed by atoms with Crippen LogP contribution in [0.15, 0.2) is 34.9 Å². The van der Waals surface area contributed by atoms with Crippen LogP contribution in [0.2, 0.25) is 0 Å². The van der Waals surface area contributed by atoms with E-state index < -0.39 is 0 Å². The zero-order chi connectivity index (χ0) is 15.0. The first-order chi connectivity index (χ1) is 10.0. The molecule has 2 aromatic heterocycles. The molecule has 108 valence electrons. The fourth-order valence-electron chi connectivity index (χ4n) is 2.50. The highest BCUT2D eigenvalue weighted by Crippen LogP contribution is 2.30. The van der Waals surface area contributed by atoms with Crippen molar-refractivity contribution in [3.8, 4) is 0 Å². The summed E-state index contributed by atoms with van der Waals surface area (Å²) in [5, 5.41) is 5.80. The van der Waals surface area contributed by atoms with Crippen molar-refractivity contribution in [2.45, 2.75) is 26.8 Å². The molecule has 0 aliphatic rings. The fourth-order valence-corrected chi connectivity index (χ4v) is 3.78. The zero-order valence-electron chi connectivity index (χ0n) is 12.1. The fraction of sp³-hybridized carbons (Fsp3) is 0.250. The van der Waals surface area contributed by atoms with Crippen molar-refractivity contribution < 1.29 is 0 Å². The number of rotatable bonds is 3. The van der Waals surface area contributed by atoms with E-state index >= 15 is 0 Å². The SMILES string of the molecule is Cc1nc(C)c(C(C)Nc2cccc3cc(Br)cnc23)s1. The number of pyridine rings is 1. The molecule has 1 unspecified atom stereocenters. The van der Waals surface area contributed by atoms with E-state index in [1.165, 1.54) is 4.88 Å². The zero-order valence-corrected chi connectivity index (χ0v) is 14.5. The second kappa shape index (κ2) is 5.73. The second-order valence-electron chi connectivity index (χ2n) is 5.08. The first-order valence-electron chi connectivity index (χ1n) is 6.79. The molecular formula is C16H16BrN3S. The molecule has 0 radical (unpaired) electrons. The standard InChI is InChI=1S/C16H16BrN3S/c1-9-16(21-11(3)19-9)10(2)20-14-6-4-5-12-7-13(17)8-18-15(12)14/h4-8,10,20H,1-3H3. The summed E-state index contributed by atoms with van der Waals surface area (Å²) in [7, 11) is 0. The molecule has 1 atom stereocenters. The van der Waals surface area contributed by atoms with E-state index in [1.807, 2.05) is 13.1 Å². The predicted molar refractivity (Wildman–Crippen MR) is 93.1 cm³/mol. The van der Waals surface area contributed by atoms with Crippen molar-refractivity contribution in [2.24, 2.45) is 0 Å². The molecule has 0 saturated heterocycles. The number of hydrogen-bond acceptors (Lipinski definition) is 4. The maximum atomic E-state index is 4.53. The quantitative estimate of drug-likeness (QED) is 0.692. The normalized spacial score (nSPS) is 12.6. The van der Waals surface area contributed by atoms with E-state index in [0.717, 1.165) is 31.8 Å². The summed E-state index contributed by atoms with van der Waals surface area (Å²) in [6.45, 7) is 6.28. The number of hydrogen-bond donors (Lipinski definition) is 1. The first-order valence-corrected chi connectivity index (χ1v) is 8.40. The molecule has 0 amide bonds. The summed E-state index contributed by atoms with van der Waals surface area (Å²) < 4.78 is 0.995. The molecule has 1 aromatic carbocycles. The van der Waals surface area contributed by atoms with Gasteiger partial charge >= 0.3 is 0 Å². The first kappa shape index (κ1) is 14.5. The van der Waals surface area contributed by atoms with E-state index in [4.69, 9.17) is 0 Å². The molecule has 0 aliphatic heterocycles. The molecule has 3 nitrogen and oxygen atoms in total. The molecule has 0 bridgehead atoms. The Hall–Kier alpha value is -1.46. The van der Waals surface area contributed by atoms with Crippen LogP contribution >= 0.6 is 27.3 Å². The van der Waals surface area contributed by atoms with Gasteiger partial charge in [-0.25, -0.2) is 4.98 Å². The molecule has 3 aromatic rings. The highest BCUT2D eigenvalue weighted by atomic mass is 79.9. The van der Waals surface area contributed by atoms with Crippen LogP contribution < -0.4 is 5.32 Å². The lowest BCUT2D eigenvalue weighted by Gasteiger charge is -2.15. The third-order valence-electron chi connectivity index (χ3n) is 3.38. The van der Waals surface area contributed by atoms with E-state index in [0.29, 0.717) is 0 Å². The smallest absolute Gasteiger partial charge is 0.0934 e. The number of nitrogens with one attached hydrogen (secondary N) is 1. The van der Waals surface area contributed by atoms with E-state index in [-0.39, 0.29) is 6.04 Å². The van der Waals surface area contributed by atoms with Crippen LogP contribution in [0.4, 0.5) is 5.69 Å². The number of aryl methyl sites for hydroxylation is 2. The van der Waals surface area contributed by atoms with Gasteiger partial charge in [0.15, 0.2) is 0 Å². The minimum absolute atomic E-state index is 0.215. The number of fused-ring (bicyclic) bond motifs is 1. The third-order valence-corrected chi connectivity index (χ3v) is 5.07. The average Bonchev–Trinajstić information content (AvgIpc) is 2.77. The topological polar surface area (TPSA) is 37.8 Å². The van der Waals surface area contributed by atoms with E-state index in [2.05, 4.69) is 69.3 Å². The maximum Gasteiger partial charge on any atom is 0.0934 e. The summed E-state index contributed by atoms with van der Waals surface area (Å²) >= 11 is 5.22. The minimum Gasteiger partial charge on any atom is -0.376 e. The van der Waals surface area contributed by atoms with Crippen molar-refractivity contribution in [1.29, 1.82) is 0 Å². The summed E-state index contributed by atoms with van der Waals surface area (Å²) in [6, 6.07) is 8.50. The van der Waals surface area contributed by atoms with Crippen LogP contribution in [0, 0.1) is 13.8 Å². The number of anilines is 1. The van der Waals surface area contributed by atoms with Crippen LogP contribution in [0.1, 0.15) is 28.5 Å². The molecule has 0 aliphatic carbocycles. The van der Waals surface area contributed by atoms with Crippen LogP contribution in [-0.2, 0) is 0 Å². The van der Waals surface area contributed by atoms with Gasteiger partial charge in [-0.05, 0) is 48.8 Å². The van der Waals surface area contributed by atoms with E-state index in [9.17, 15) is 0 Å². The van der Waals surface area contributed by atoms with Crippen LogP contribution in [0.25, 0.3) is 10.9 Å². The molecule has 0 fully saturated rings. The molecule has 1 N–H and O–H groups in total. The Labute approximate surface area is 136 Å². The van der Waals surface area contributed by atoms with Gasteiger partial charge in [0.05, 0.1) is 27.9 Å². The van der Waals surface area contributed by atoms with Gasteiger partial charge in [-0.15, -0.1) is 11.3 Å². The number of aromatic nitrogens is 2. The number of nitrogens with zero attached hydrogens (tertiary/aromatic N) is 2. The Morgan fingerprint density at radius 2 is 2.10 bits per heavy atom. The van der Waals surface area contributed by atoms with Crippen LogP contribution in [-0.4, -0.2) is 9.97 Å². The Morgan fingerprint density at radius 1 is 1.29 bits per heavy atom. The lowest BCUT2D eigenvalue weighted by molar-refractivity contribution is 0.891. The molecule has 0 spiro atoms. The second-order valence-corrected chi connectivity index (χ2v) is 7.23. The number of halogens is 1. The van der Waals surface area contributed by atoms with Gasteiger partial charge in [0.2, 0.25) is 0 Å². The van der Waals surface area contributed by atoms with Gasteiger partial charge in [-0.2, -0.15) is 0 Å². The van der Waals surface area contributed by atoms with Crippen LogP contribution in [0.3, 0.4) is 0 Å². The number of para-hydroxylation sites is 1. The van der Waals surface area contributed by atoms with Crippen molar-refractivity contribution in [3.63, 3.8) is 0 Å². The van der Waals surface area contributed by atoms with Crippen molar-refractivity contribution in [2.75, 3.05) is 5.32 Å². The highest BCUT2D eigenvalue weighted by Gasteiger charge is 2.14. The third kappa shape index (κ3) is 2.94. The van der Waals surface area contributed by atoms with Crippen molar-refractivity contribution in [3.05, 3.63) is 50.5 Å². The monoisotopic (exact) mass is 361 g/mol. The summed E-state index contributed by atoms with van der Waals surface area (Å²) in [4.78, 5) is 10.3. The Kier molecular flexibility index (Phi) is 3.95. The minimum atomic E-state index is 0.215. The average molecular weight is 362 g/mol. The lowest BCUT2D eigenvalue weighted by Crippen LogP contribution is -2.07. The van der Waals surface area contributed by atoms with Crippen LogP contribution in [0.5, 0.6) is 0 Å². The lowest BCUT2D eigenvalue weighted by atomic mass is 10.1. The Balaban J connectivity index is 1.96. The van der Waals surface area contributed by atoms with Gasteiger partial charge in [-0.3, -0.25) is 4.98 Å². The molecule has 5 heteroatoms. The van der Waals surface area contributed by atoms with Crippen molar-refractivity contribution in [1.82, 2.24) is 9.97 Å². The largest absolute Gasteiger partial charge is 0.376 e. The molecule has 21 heavy (non-hydrogen) atoms. The van der Waals surface area contributed by atoms with Crippen molar-refractivity contribution >= 4 is 43.9 Å². The van der Waals surface area contributed by atoms with Gasteiger partial charge in [0, 0.05) is 20.9 Å². The molecule has 2 heterocycles.